The van der Waals surface area contributed by atoms with Gasteiger partial charge in [-0.2, -0.15) is 5.10 Å². The van der Waals surface area contributed by atoms with Gasteiger partial charge in [0.2, 0.25) is 0 Å². The summed E-state index contributed by atoms with van der Waals surface area (Å²) in [6.45, 7) is 6.51. The summed E-state index contributed by atoms with van der Waals surface area (Å²) in [5.74, 6) is 0.208. The van der Waals surface area contributed by atoms with Crippen LogP contribution >= 0.6 is 0 Å². The number of ketones is 1. The van der Waals surface area contributed by atoms with Crippen LogP contribution in [0.25, 0.3) is 5.69 Å². The number of hydrogen-bond acceptors (Lipinski definition) is 7. The number of fused-ring (bicyclic) bond motifs is 1. The van der Waals surface area contributed by atoms with Gasteiger partial charge in [-0.1, -0.05) is 39.0 Å². The Bertz CT molecular complexity index is 1260. The number of esters is 1. The molecule has 1 aliphatic rings. The smallest absolute Gasteiger partial charge is 0.306 e. The molecule has 1 amide bonds. The van der Waals surface area contributed by atoms with Crippen molar-refractivity contribution < 1.29 is 28.6 Å². The average Bonchev–Trinajstić information content (AvgIpc) is 3.30. The van der Waals surface area contributed by atoms with Crippen LogP contribution in [0.3, 0.4) is 0 Å². The first kappa shape index (κ1) is 25.0. The topological polar surface area (TPSA) is 109 Å². The second kappa shape index (κ2) is 10.6. The maximum Gasteiger partial charge on any atom is 0.306 e. The van der Waals surface area contributed by atoms with Gasteiger partial charge in [0.15, 0.2) is 23.9 Å². The molecule has 36 heavy (non-hydrogen) atoms. The summed E-state index contributed by atoms with van der Waals surface area (Å²) < 4.78 is 17.7. The van der Waals surface area contributed by atoms with Crippen LogP contribution in [-0.2, 0) is 19.7 Å². The molecule has 188 valence electrons. The number of Topliss-reactive ketones (excluding diaryl/α,β-unsaturated/α-hetero) is 1. The lowest BCUT2D eigenvalue weighted by Gasteiger charge is -2.18. The Kier molecular flexibility index (Phi) is 7.38. The number of carbonyl (C=O) groups is 3. The Morgan fingerprint density at radius 2 is 1.69 bits per heavy atom. The van der Waals surface area contributed by atoms with E-state index in [1.54, 1.807) is 28.9 Å². The summed E-state index contributed by atoms with van der Waals surface area (Å²) in [5, 5.41) is 7.41. The molecule has 2 aromatic carbocycles. The van der Waals surface area contributed by atoms with Crippen LogP contribution in [-0.4, -0.2) is 47.3 Å². The Hall–Kier alpha value is -4.14. The highest BCUT2D eigenvalue weighted by molar-refractivity contribution is 5.98. The molecule has 0 bridgehead atoms. The molecule has 0 spiro atoms. The predicted octanol–water partition coefficient (Wildman–Crippen LogP) is 4.09. The fraction of sp³-hybridized carbons (Fsp3) is 0.333. The number of aromatic nitrogens is 2. The molecule has 0 aliphatic carbocycles. The van der Waals surface area contributed by atoms with Gasteiger partial charge in [-0.3, -0.25) is 14.4 Å². The molecular weight excluding hydrogens is 462 g/mol. The molecule has 1 aliphatic heterocycles. The van der Waals surface area contributed by atoms with Gasteiger partial charge >= 0.3 is 5.97 Å². The number of anilines is 1. The number of rotatable bonds is 8. The minimum Gasteiger partial charge on any atom is -0.486 e. The van der Waals surface area contributed by atoms with Crippen molar-refractivity contribution in [3.8, 4) is 17.2 Å². The van der Waals surface area contributed by atoms with Crippen molar-refractivity contribution in [1.29, 1.82) is 0 Å². The van der Waals surface area contributed by atoms with E-state index in [-0.39, 0.29) is 24.0 Å². The van der Waals surface area contributed by atoms with Gasteiger partial charge in [-0.05, 0) is 30.3 Å². The van der Waals surface area contributed by atoms with Crippen molar-refractivity contribution in [2.45, 2.75) is 39.0 Å². The van der Waals surface area contributed by atoms with Crippen LogP contribution in [0.4, 0.5) is 5.82 Å². The summed E-state index contributed by atoms with van der Waals surface area (Å²) in [4.78, 5) is 37.2. The number of carbonyl (C=O) groups excluding carboxylic acids is 3. The van der Waals surface area contributed by atoms with E-state index in [0.717, 1.165) is 11.4 Å². The first-order valence-corrected chi connectivity index (χ1v) is 11.7. The van der Waals surface area contributed by atoms with Crippen molar-refractivity contribution in [1.82, 2.24) is 9.78 Å². The Labute approximate surface area is 209 Å². The van der Waals surface area contributed by atoms with E-state index in [2.05, 4.69) is 10.4 Å². The summed E-state index contributed by atoms with van der Waals surface area (Å²) in [6, 6.07) is 16.2. The van der Waals surface area contributed by atoms with Crippen LogP contribution in [0, 0.1) is 0 Å². The molecule has 0 atom stereocenters. The highest BCUT2D eigenvalue weighted by Gasteiger charge is 2.22. The summed E-state index contributed by atoms with van der Waals surface area (Å²) in [7, 11) is 0. The van der Waals surface area contributed by atoms with Crippen LogP contribution in [0.15, 0.2) is 54.6 Å². The van der Waals surface area contributed by atoms with Crippen LogP contribution in [0.1, 0.15) is 49.7 Å². The van der Waals surface area contributed by atoms with Crippen molar-refractivity contribution in [3.05, 3.63) is 65.9 Å². The zero-order valence-corrected chi connectivity index (χ0v) is 20.6. The number of amides is 1. The highest BCUT2D eigenvalue weighted by atomic mass is 16.6. The molecule has 0 saturated carbocycles. The lowest BCUT2D eigenvalue weighted by molar-refractivity contribution is -0.147. The molecule has 9 heteroatoms. The average molecular weight is 492 g/mol. The van der Waals surface area contributed by atoms with Crippen LogP contribution in [0.5, 0.6) is 11.5 Å². The van der Waals surface area contributed by atoms with Gasteiger partial charge in [0.05, 0.1) is 17.8 Å². The van der Waals surface area contributed by atoms with E-state index in [0.29, 0.717) is 36.1 Å². The third-order valence-electron chi connectivity index (χ3n) is 5.53. The minimum absolute atomic E-state index is 0.0458. The Morgan fingerprint density at radius 3 is 2.42 bits per heavy atom. The summed E-state index contributed by atoms with van der Waals surface area (Å²) in [6.07, 6.45) is -0.188. The number of para-hydroxylation sites is 1. The Morgan fingerprint density at radius 1 is 0.972 bits per heavy atom. The molecule has 0 saturated heterocycles. The number of nitrogens with one attached hydrogen (secondary N) is 1. The summed E-state index contributed by atoms with van der Waals surface area (Å²) in [5.41, 5.74) is 1.79. The lowest BCUT2D eigenvalue weighted by Crippen LogP contribution is -2.22. The van der Waals surface area contributed by atoms with Gasteiger partial charge < -0.3 is 19.5 Å². The largest absolute Gasteiger partial charge is 0.486 e. The van der Waals surface area contributed by atoms with E-state index in [1.807, 2.05) is 51.1 Å². The molecule has 3 aromatic rings. The number of nitrogens with zero attached hydrogens (tertiary/aromatic N) is 2. The number of hydrogen-bond donors (Lipinski definition) is 1. The second-order valence-corrected chi connectivity index (χ2v) is 9.40. The quantitative estimate of drug-likeness (QED) is 0.373. The second-order valence-electron chi connectivity index (χ2n) is 9.40. The fourth-order valence-electron chi connectivity index (χ4n) is 3.58. The van der Waals surface area contributed by atoms with Crippen molar-refractivity contribution >= 4 is 23.5 Å². The molecule has 0 unspecified atom stereocenters. The zero-order chi connectivity index (χ0) is 25.7. The minimum atomic E-state index is -0.636. The molecule has 2 heterocycles. The van der Waals surface area contributed by atoms with Crippen molar-refractivity contribution in [3.63, 3.8) is 0 Å². The molecule has 4 rings (SSSR count). The molecular formula is C27H29N3O6. The van der Waals surface area contributed by atoms with Crippen LogP contribution in [0.2, 0.25) is 0 Å². The third-order valence-corrected chi connectivity index (χ3v) is 5.53. The van der Waals surface area contributed by atoms with Gasteiger partial charge in [0, 0.05) is 23.5 Å². The maximum atomic E-state index is 12.5. The normalized spacial score (nSPS) is 12.6. The van der Waals surface area contributed by atoms with E-state index in [1.165, 1.54) is 0 Å². The molecule has 1 N–H and O–H groups in total. The highest BCUT2D eigenvalue weighted by Crippen LogP contribution is 2.31. The van der Waals surface area contributed by atoms with Crippen molar-refractivity contribution in [2.75, 3.05) is 25.1 Å². The van der Waals surface area contributed by atoms with E-state index in [9.17, 15) is 14.4 Å². The zero-order valence-electron chi connectivity index (χ0n) is 20.6. The van der Waals surface area contributed by atoms with Crippen molar-refractivity contribution in [2.24, 2.45) is 0 Å². The number of ether oxygens (including phenoxy) is 3. The fourth-order valence-corrected chi connectivity index (χ4v) is 3.58. The van der Waals surface area contributed by atoms with E-state index in [4.69, 9.17) is 14.2 Å². The SMILES string of the molecule is CC(C)(C)c1cc(NC(=O)COC(=O)CCC(=O)c2ccc3c(c2)OCCO3)n(-c2ccccc2)n1. The first-order valence-electron chi connectivity index (χ1n) is 11.7. The molecule has 0 fully saturated rings. The monoisotopic (exact) mass is 491 g/mol. The van der Waals surface area contributed by atoms with E-state index >= 15 is 0 Å². The van der Waals surface area contributed by atoms with Crippen LogP contribution < -0.4 is 14.8 Å². The molecule has 9 nitrogen and oxygen atoms in total. The van der Waals surface area contributed by atoms with Gasteiger partial charge in [-0.25, -0.2) is 4.68 Å². The predicted molar refractivity (Wildman–Crippen MR) is 133 cm³/mol. The molecule has 1 aromatic heterocycles. The standard InChI is InChI=1S/C27H29N3O6/c1-27(2,3)23-16-24(30(29-23)19-7-5-4-6-8-19)28-25(32)17-36-26(33)12-10-20(31)18-9-11-21-22(15-18)35-14-13-34-21/h4-9,11,15-16H,10,12-14,17H2,1-3H3,(H,28,32). The van der Waals surface area contributed by atoms with Gasteiger partial charge in [0.25, 0.3) is 5.91 Å². The Balaban J connectivity index is 1.31. The molecule has 0 radical (unpaired) electrons. The lowest BCUT2D eigenvalue weighted by atomic mass is 9.92. The maximum absolute atomic E-state index is 12.5. The first-order chi connectivity index (χ1) is 17.2. The third kappa shape index (κ3) is 6.10. The van der Waals surface area contributed by atoms with E-state index < -0.39 is 18.5 Å². The van der Waals surface area contributed by atoms with Gasteiger partial charge in [-0.15, -0.1) is 0 Å². The summed E-state index contributed by atoms with van der Waals surface area (Å²) >= 11 is 0. The number of benzene rings is 2. The van der Waals surface area contributed by atoms with Gasteiger partial charge in [0.1, 0.15) is 19.0 Å².